The number of hydrogen-bond donors (Lipinski definition) is 3. The molecule has 0 spiro atoms. The van der Waals surface area contributed by atoms with E-state index in [0.29, 0.717) is 18.5 Å². The van der Waals surface area contributed by atoms with Gasteiger partial charge in [0.2, 0.25) is 0 Å². The van der Waals surface area contributed by atoms with Crippen LogP contribution < -0.4 is 11.1 Å². The highest BCUT2D eigenvalue weighted by Crippen LogP contribution is 2.20. The van der Waals surface area contributed by atoms with Crippen molar-refractivity contribution in [3.63, 3.8) is 0 Å². The first-order valence-electron chi connectivity index (χ1n) is 10.4. The fraction of sp³-hybridized carbons (Fsp3) is 0.160. The highest BCUT2D eigenvalue weighted by atomic mass is 16.4. The van der Waals surface area contributed by atoms with E-state index >= 15 is 0 Å². The minimum absolute atomic E-state index is 0.169. The molecule has 32 heavy (non-hydrogen) atoms. The van der Waals surface area contributed by atoms with Crippen molar-refractivity contribution in [2.24, 2.45) is 5.73 Å². The molecule has 4 rings (SSSR count). The van der Waals surface area contributed by atoms with Crippen LogP contribution in [0, 0.1) is 0 Å². The molecule has 4 aromatic rings. The van der Waals surface area contributed by atoms with Crippen molar-refractivity contribution in [1.29, 1.82) is 0 Å². The van der Waals surface area contributed by atoms with E-state index in [9.17, 15) is 9.59 Å². The van der Waals surface area contributed by atoms with Gasteiger partial charge in [0.25, 0.3) is 5.91 Å². The Morgan fingerprint density at radius 1 is 1.00 bits per heavy atom. The maximum Gasteiger partial charge on any atom is 0.320 e. The second-order valence-electron chi connectivity index (χ2n) is 7.64. The monoisotopic (exact) mass is 428 g/mol. The van der Waals surface area contributed by atoms with Crippen molar-refractivity contribution >= 4 is 22.8 Å². The largest absolute Gasteiger partial charge is 0.480 e. The van der Waals surface area contributed by atoms with Crippen molar-refractivity contribution in [3.05, 3.63) is 95.7 Å². The van der Waals surface area contributed by atoms with Crippen molar-refractivity contribution in [2.45, 2.75) is 18.9 Å². The number of carboxylic acid groups (broad SMARTS) is 1. The van der Waals surface area contributed by atoms with Gasteiger partial charge in [-0.2, -0.15) is 5.10 Å². The van der Waals surface area contributed by atoms with Crippen molar-refractivity contribution in [2.75, 3.05) is 6.54 Å². The lowest BCUT2D eigenvalue weighted by Crippen LogP contribution is -2.32. The Morgan fingerprint density at radius 2 is 1.72 bits per heavy atom. The number of carboxylic acids is 1. The molecule has 7 nitrogen and oxygen atoms in total. The van der Waals surface area contributed by atoms with E-state index in [2.05, 4.69) is 22.5 Å². The Morgan fingerprint density at radius 3 is 2.44 bits per heavy atom. The summed E-state index contributed by atoms with van der Waals surface area (Å²) in [4.78, 5) is 23.3. The first kappa shape index (κ1) is 21.3. The van der Waals surface area contributed by atoms with E-state index in [1.54, 1.807) is 24.3 Å². The molecule has 0 saturated carbocycles. The lowest BCUT2D eigenvalue weighted by Gasteiger charge is -2.09. The lowest BCUT2D eigenvalue weighted by molar-refractivity contribution is -0.138. The van der Waals surface area contributed by atoms with Gasteiger partial charge in [0.1, 0.15) is 6.04 Å². The molecule has 0 aliphatic rings. The number of benzene rings is 3. The maximum atomic E-state index is 12.4. The summed E-state index contributed by atoms with van der Waals surface area (Å²) in [7, 11) is 0. The molecule has 0 radical (unpaired) electrons. The molecule has 0 unspecified atom stereocenters. The number of rotatable bonds is 8. The molecule has 1 heterocycles. The number of nitrogens with one attached hydrogen (secondary N) is 1. The normalized spacial score (nSPS) is 11.9. The number of carbonyl (C=O) groups excluding carboxylic acids is 1. The lowest BCUT2D eigenvalue weighted by atomic mass is 10.0. The van der Waals surface area contributed by atoms with Gasteiger partial charge in [-0.3, -0.25) is 9.59 Å². The van der Waals surface area contributed by atoms with Gasteiger partial charge >= 0.3 is 5.97 Å². The molecule has 0 aliphatic carbocycles. The summed E-state index contributed by atoms with van der Waals surface area (Å²) in [6.07, 6.45) is 2.77. The zero-order valence-corrected chi connectivity index (χ0v) is 17.4. The molecule has 4 N–H and O–H groups in total. The third-order valence-corrected chi connectivity index (χ3v) is 5.32. The predicted octanol–water partition coefficient (Wildman–Crippen LogP) is 2.95. The Kier molecular flexibility index (Phi) is 6.28. The highest BCUT2D eigenvalue weighted by Gasteiger charge is 2.13. The fourth-order valence-electron chi connectivity index (χ4n) is 3.57. The first-order valence-corrected chi connectivity index (χ1v) is 10.4. The number of aromatic nitrogens is 2. The summed E-state index contributed by atoms with van der Waals surface area (Å²) in [6.45, 7) is 0.503. The van der Waals surface area contributed by atoms with Crippen LogP contribution in [0.1, 0.15) is 21.5 Å². The van der Waals surface area contributed by atoms with Crippen molar-refractivity contribution in [3.8, 4) is 5.69 Å². The number of aliphatic carboxylic acids is 1. The number of hydrogen-bond acceptors (Lipinski definition) is 4. The average Bonchev–Trinajstić information content (AvgIpc) is 3.23. The minimum atomic E-state index is -1.04. The van der Waals surface area contributed by atoms with Gasteiger partial charge in [-0.05, 0) is 60.4 Å². The van der Waals surface area contributed by atoms with E-state index in [1.165, 1.54) is 0 Å². The number of nitrogens with two attached hydrogens (primary N) is 1. The van der Waals surface area contributed by atoms with Crippen LogP contribution in [0.15, 0.2) is 79.0 Å². The summed E-state index contributed by atoms with van der Waals surface area (Å²) in [6, 6.07) is 22.1. The van der Waals surface area contributed by atoms with Crippen molar-refractivity contribution < 1.29 is 14.7 Å². The standard InChI is InChI=1S/C25H24N4O3/c26-22(25(31)32)15-17-6-9-19(10-7-17)24(30)27-13-12-18-8-11-23-20(14-18)16-28-29(23)21-4-2-1-3-5-21/h1-11,14,16,22H,12-13,15,26H2,(H,27,30)(H,31,32)/t22-/m0/s1. The van der Waals surface area contributed by atoms with E-state index in [0.717, 1.165) is 27.7 Å². The van der Waals surface area contributed by atoms with Gasteiger partial charge in [0.15, 0.2) is 0 Å². The van der Waals surface area contributed by atoms with Gasteiger partial charge in [0.05, 0.1) is 17.4 Å². The molecule has 0 fully saturated rings. The molecule has 0 saturated heterocycles. The Balaban J connectivity index is 1.34. The molecule has 0 bridgehead atoms. The first-order chi connectivity index (χ1) is 15.5. The van der Waals surface area contributed by atoms with Gasteiger partial charge in [0, 0.05) is 17.5 Å². The Hall–Kier alpha value is -3.97. The molecule has 7 heteroatoms. The van der Waals surface area contributed by atoms with Crippen LogP contribution >= 0.6 is 0 Å². The Bertz CT molecular complexity index is 1230. The summed E-state index contributed by atoms with van der Waals surface area (Å²) in [5.41, 5.74) is 10.0. The molecule has 1 atom stereocenters. The third-order valence-electron chi connectivity index (χ3n) is 5.32. The molecule has 162 valence electrons. The number of carbonyl (C=O) groups is 2. The predicted molar refractivity (Wildman–Crippen MR) is 123 cm³/mol. The third kappa shape index (κ3) is 4.84. The van der Waals surface area contributed by atoms with Crippen LogP contribution in [-0.4, -0.2) is 39.4 Å². The van der Waals surface area contributed by atoms with Gasteiger partial charge < -0.3 is 16.2 Å². The van der Waals surface area contributed by atoms with Crippen LogP contribution in [0.4, 0.5) is 0 Å². The molecule has 0 aliphatic heterocycles. The van der Waals surface area contributed by atoms with E-state index in [4.69, 9.17) is 10.8 Å². The van der Waals surface area contributed by atoms with Gasteiger partial charge in [-0.25, -0.2) is 4.68 Å². The number of nitrogens with zero attached hydrogens (tertiary/aromatic N) is 2. The topological polar surface area (TPSA) is 110 Å². The second kappa shape index (κ2) is 9.45. The summed E-state index contributed by atoms with van der Waals surface area (Å²) < 4.78 is 1.91. The summed E-state index contributed by atoms with van der Waals surface area (Å²) >= 11 is 0. The summed E-state index contributed by atoms with van der Waals surface area (Å²) in [5, 5.41) is 17.4. The minimum Gasteiger partial charge on any atom is -0.480 e. The Labute approximate surface area is 185 Å². The zero-order chi connectivity index (χ0) is 22.5. The smallest absolute Gasteiger partial charge is 0.320 e. The average molecular weight is 428 g/mol. The van der Waals surface area contributed by atoms with Crippen LogP contribution in [0.5, 0.6) is 0 Å². The van der Waals surface area contributed by atoms with Crippen LogP contribution in [0.25, 0.3) is 16.6 Å². The maximum absolute atomic E-state index is 12.4. The number of para-hydroxylation sites is 1. The number of amides is 1. The van der Waals surface area contributed by atoms with Gasteiger partial charge in [-0.1, -0.05) is 36.4 Å². The molecule has 3 aromatic carbocycles. The highest BCUT2D eigenvalue weighted by molar-refractivity contribution is 5.94. The SMILES string of the molecule is N[C@@H](Cc1ccc(C(=O)NCCc2ccc3c(cnn3-c3ccccc3)c2)cc1)C(=O)O. The zero-order valence-electron chi connectivity index (χ0n) is 17.4. The van der Waals surface area contributed by atoms with E-state index in [1.807, 2.05) is 47.3 Å². The number of fused-ring (bicyclic) bond motifs is 1. The fourth-order valence-corrected chi connectivity index (χ4v) is 3.57. The van der Waals surface area contributed by atoms with Crippen LogP contribution in [-0.2, 0) is 17.6 Å². The molecule has 1 aromatic heterocycles. The van der Waals surface area contributed by atoms with Crippen LogP contribution in [0.2, 0.25) is 0 Å². The quantitative estimate of drug-likeness (QED) is 0.400. The molecular formula is C25H24N4O3. The summed E-state index contributed by atoms with van der Waals surface area (Å²) in [5.74, 6) is -1.21. The van der Waals surface area contributed by atoms with E-state index in [-0.39, 0.29) is 12.3 Å². The van der Waals surface area contributed by atoms with Gasteiger partial charge in [-0.15, -0.1) is 0 Å². The van der Waals surface area contributed by atoms with E-state index < -0.39 is 12.0 Å². The molecular weight excluding hydrogens is 404 g/mol. The van der Waals surface area contributed by atoms with Crippen molar-refractivity contribution in [1.82, 2.24) is 15.1 Å². The second-order valence-corrected chi connectivity index (χ2v) is 7.64. The van der Waals surface area contributed by atoms with Crippen LogP contribution in [0.3, 0.4) is 0 Å². The molecule has 1 amide bonds.